The number of nitrogens with zero attached hydrogens (tertiary/aromatic N) is 2. The van der Waals surface area contributed by atoms with E-state index in [1.165, 1.54) is 25.4 Å². The van der Waals surface area contributed by atoms with Crippen LogP contribution in [-0.4, -0.2) is 47.7 Å². The molecule has 3 aromatic rings. The van der Waals surface area contributed by atoms with Crippen LogP contribution in [-0.2, 0) is 4.79 Å². The SMILES string of the molecule is COc1ccc2ncc(Cl)c([C@@H](F)CCC3(CC(=O)O)CCN(CC#Cc4ccc(Cl)c(F)c4)CC3)c2c1. The number of rotatable bonds is 8. The highest BCUT2D eigenvalue weighted by atomic mass is 35.5. The molecule has 0 amide bonds. The number of aromatic nitrogens is 1. The molecule has 0 unspecified atom stereocenters. The molecule has 1 aromatic heterocycles. The van der Waals surface area contributed by atoms with Gasteiger partial charge in [-0.3, -0.25) is 14.7 Å². The van der Waals surface area contributed by atoms with E-state index in [-0.39, 0.29) is 22.9 Å². The summed E-state index contributed by atoms with van der Waals surface area (Å²) in [7, 11) is 1.54. The van der Waals surface area contributed by atoms with Crippen molar-refractivity contribution in [1.82, 2.24) is 9.88 Å². The van der Waals surface area contributed by atoms with Crippen molar-refractivity contribution >= 4 is 40.1 Å². The predicted octanol–water partition coefficient (Wildman–Crippen LogP) is 7.09. The molecule has 1 atom stereocenters. The van der Waals surface area contributed by atoms with E-state index in [0.29, 0.717) is 66.7 Å². The lowest BCUT2D eigenvalue weighted by molar-refractivity contribution is -0.141. The minimum atomic E-state index is -1.38. The summed E-state index contributed by atoms with van der Waals surface area (Å²) in [6.07, 6.45) is 1.82. The second-order valence-electron chi connectivity index (χ2n) is 9.69. The van der Waals surface area contributed by atoms with Gasteiger partial charge in [0, 0.05) is 22.7 Å². The van der Waals surface area contributed by atoms with E-state index < -0.39 is 23.4 Å². The lowest BCUT2D eigenvalue weighted by Crippen LogP contribution is -2.41. The van der Waals surface area contributed by atoms with E-state index in [2.05, 4.69) is 21.7 Å². The molecule has 0 spiro atoms. The van der Waals surface area contributed by atoms with Crippen molar-refractivity contribution in [3.63, 3.8) is 0 Å². The Bertz CT molecular complexity index is 1380. The topological polar surface area (TPSA) is 62.7 Å². The standard InChI is InChI=1S/C29H28Cl2F2N2O3/c1-38-20-5-7-26-21(16-20)28(23(31)18-34-26)24(32)8-9-29(17-27(36)37)10-13-35(14-11-29)12-2-3-19-4-6-22(30)25(33)15-19/h4-7,15-16,18,24H,8-14,17H2,1H3,(H,36,37)/t24-/m0/s1. The zero-order valence-electron chi connectivity index (χ0n) is 20.9. The Labute approximate surface area is 230 Å². The number of piperidine rings is 1. The van der Waals surface area contributed by atoms with Crippen LogP contribution in [0, 0.1) is 23.1 Å². The smallest absolute Gasteiger partial charge is 0.303 e. The molecule has 5 nitrogen and oxygen atoms in total. The Morgan fingerprint density at radius 2 is 1.97 bits per heavy atom. The zero-order valence-corrected chi connectivity index (χ0v) is 22.5. The summed E-state index contributed by atoms with van der Waals surface area (Å²) < 4.78 is 34.6. The summed E-state index contributed by atoms with van der Waals surface area (Å²) in [5.41, 5.74) is 0.987. The Balaban J connectivity index is 1.42. The number of hydrogen-bond acceptors (Lipinski definition) is 4. The molecule has 4 rings (SSSR count). The van der Waals surface area contributed by atoms with Crippen LogP contribution in [0.5, 0.6) is 5.75 Å². The number of fused-ring (bicyclic) bond motifs is 1. The summed E-state index contributed by atoms with van der Waals surface area (Å²) in [6.45, 7) is 1.76. The van der Waals surface area contributed by atoms with Crippen molar-refractivity contribution in [3.8, 4) is 17.6 Å². The number of aliphatic carboxylic acids is 1. The van der Waals surface area contributed by atoms with Gasteiger partial charge in [0.05, 0.1) is 35.6 Å². The second kappa shape index (κ2) is 12.3. The number of likely N-dealkylation sites (tertiary alicyclic amines) is 1. The number of alkyl halides is 1. The minimum Gasteiger partial charge on any atom is -0.497 e. The number of pyridine rings is 1. The lowest BCUT2D eigenvalue weighted by atomic mass is 9.71. The van der Waals surface area contributed by atoms with E-state index in [4.69, 9.17) is 27.9 Å². The molecule has 38 heavy (non-hydrogen) atoms. The molecule has 1 aliphatic heterocycles. The first-order valence-corrected chi connectivity index (χ1v) is 13.1. The largest absolute Gasteiger partial charge is 0.497 e. The number of halogens is 4. The average molecular weight is 561 g/mol. The van der Waals surface area contributed by atoms with Crippen LogP contribution < -0.4 is 4.74 Å². The average Bonchev–Trinajstić information content (AvgIpc) is 2.90. The third-order valence-electron chi connectivity index (χ3n) is 7.21. The van der Waals surface area contributed by atoms with Gasteiger partial charge < -0.3 is 9.84 Å². The molecule has 0 bridgehead atoms. The van der Waals surface area contributed by atoms with E-state index in [1.54, 1.807) is 24.3 Å². The van der Waals surface area contributed by atoms with Gasteiger partial charge in [-0.15, -0.1) is 0 Å². The summed E-state index contributed by atoms with van der Waals surface area (Å²) >= 11 is 12.1. The molecule has 9 heteroatoms. The predicted molar refractivity (Wildman–Crippen MR) is 145 cm³/mol. The lowest BCUT2D eigenvalue weighted by Gasteiger charge is -2.41. The third kappa shape index (κ3) is 6.74. The Morgan fingerprint density at radius 3 is 2.66 bits per heavy atom. The molecule has 1 fully saturated rings. The van der Waals surface area contributed by atoms with Crippen LogP contribution in [0.15, 0.2) is 42.6 Å². The van der Waals surface area contributed by atoms with Gasteiger partial charge >= 0.3 is 5.97 Å². The van der Waals surface area contributed by atoms with E-state index in [9.17, 15) is 14.3 Å². The monoisotopic (exact) mass is 560 g/mol. The highest BCUT2D eigenvalue weighted by Crippen LogP contribution is 2.44. The minimum absolute atomic E-state index is 0.0259. The van der Waals surface area contributed by atoms with Gasteiger partial charge in [-0.05, 0) is 80.6 Å². The fraction of sp³-hybridized carbons (Fsp3) is 0.379. The highest BCUT2D eigenvalue weighted by molar-refractivity contribution is 6.32. The Hall–Kier alpha value is -2.92. The van der Waals surface area contributed by atoms with Gasteiger partial charge in [0.1, 0.15) is 17.7 Å². The first-order valence-electron chi connectivity index (χ1n) is 12.3. The molecular weight excluding hydrogens is 533 g/mol. The maximum Gasteiger partial charge on any atom is 0.303 e. The molecule has 0 radical (unpaired) electrons. The van der Waals surface area contributed by atoms with Gasteiger partial charge in [-0.25, -0.2) is 8.78 Å². The van der Waals surface area contributed by atoms with Crippen molar-refractivity contribution in [2.24, 2.45) is 5.41 Å². The van der Waals surface area contributed by atoms with Crippen molar-refractivity contribution in [3.05, 3.63) is 69.6 Å². The van der Waals surface area contributed by atoms with Crippen LogP contribution in [0.3, 0.4) is 0 Å². The number of methoxy groups -OCH3 is 1. The first-order chi connectivity index (χ1) is 18.2. The fourth-order valence-corrected chi connectivity index (χ4v) is 5.43. The van der Waals surface area contributed by atoms with Crippen LogP contribution >= 0.6 is 23.2 Å². The molecular formula is C29H28Cl2F2N2O3. The molecule has 1 aliphatic rings. The number of hydrogen-bond donors (Lipinski definition) is 1. The van der Waals surface area contributed by atoms with Crippen LogP contribution in [0.2, 0.25) is 10.0 Å². The quantitative estimate of drug-likeness (QED) is 0.298. The molecule has 1 saturated heterocycles. The van der Waals surface area contributed by atoms with Gasteiger partial charge in [-0.2, -0.15) is 0 Å². The third-order valence-corrected chi connectivity index (χ3v) is 7.82. The van der Waals surface area contributed by atoms with Gasteiger partial charge in [-0.1, -0.05) is 35.0 Å². The number of benzene rings is 2. The van der Waals surface area contributed by atoms with Gasteiger partial charge in [0.2, 0.25) is 0 Å². The van der Waals surface area contributed by atoms with Crippen molar-refractivity contribution in [2.75, 3.05) is 26.7 Å². The fourth-order valence-electron chi connectivity index (χ4n) is 5.04. The molecule has 0 aliphatic carbocycles. The molecule has 200 valence electrons. The molecule has 2 aromatic carbocycles. The van der Waals surface area contributed by atoms with Crippen molar-refractivity contribution in [2.45, 2.75) is 38.3 Å². The summed E-state index contributed by atoms with van der Waals surface area (Å²) in [5.74, 6) is 5.16. The summed E-state index contributed by atoms with van der Waals surface area (Å²) in [5, 5.41) is 10.5. The van der Waals surface area contributed by atoms with E-state index in [0.717, 1.165) is 0 Å². The van der Waals surface area contributed by atoms with Gasteiger partial charge in [0.15, 0.2) is 0 Å². The first kappa shape index (κ1) is 28.1. The molecule has 1 N–H and O–H groups in total. The summed E-state index contributed by atoms with van der Waals surface area (Å²) in [6, 6.07) is 9.67. The van der Waals surface area contributed by atoms with Gasteiger partial charge in [0.25, 0.3) is 0 Å². The second-order valence-corrected chi connectivity index (χ2v) is 10.5. The van der Waals surface area contributed by atoms with Crippen LogP contribution in [0.4, 0.5) is 8.78 Å². The van der Waals surface area contributed by atoms with Crippen molar-refractivity contribution in [1.29, 1.82) is 0 Å². The number of carbonyl (C=O) groups is 1. The molecule has 2 heterocycles. The molecule has 0 saturated carbocycles. The normalized spacial score (nSPS) is 16.0. The number of carboxylic acids is 1. The maximum atomic E-state index is 15.7. The number of ether oxygens (including phenoxy) is 1. The van der Waals surface area contributed by atoms with Crippen molar-refractivity contribution < 1.29 is 23.4 Å². The van der Waals surface area contributed by atoms with E-state index in [1.807, 2.05) is 0 Å². The maximum absolute atomic E-state index is 15.7. The zero-order chi connectivity index (χ0) is 27.3. The van der Waals surface area contributed by atoms with E-state index >= 15 is 4.39 Å². The summed E-state index contributed by atoms with van der Waals surface area (Å²) in [4.78, 5) is 18.2. The Morgan fingerprint density at radius 1 is 1.21 bits per heavy atom. The Kier molecular flexibility index (Phi) is 9.09. The highest BCUT2D eigenvalue weighted by Gasteiger charge is 2.37. The van der Waals surface area contributed by atoms with Crippen LogP contribution in [0.25, 0.3) is 10.9 Å². The number of carboxylic acid groups (broad SMARTS) is 1. The van der Waals surface area contributed by atoms with Crippen LogP contribution in [0.1, 0.15) is 49.4 Å².